The van der Waals surface area contributed by atoms with Crippen molar-refractivity contribution in [2.45, 2.75) is 6.42 Å². The molecule has 0 bridgehead atoms. The molecule has 1 aromatic rings. The number of hydrogen-bond donors (Lipinski definition) is 1. The van der Waals surface area contributed by atoms with Crippen LogP contribution in [0.2, 0.25) is 0 Å². The number of urea groups is 1. The normalized spacial score (nSPS) is 17.5. The van der Waals surface area contributed by atoms with E-state index in [0.717, 1.165) is 39.3 Å². The molecule has 3 amide bonds. The van der Waals surface area contributed by atoms with E-state index in [1.165, 1.54) is 0 Å². The summed E-state index contributed by atoms with van der Waals surface area (Å²) in [7, 11) is 3.14. The predicted molar refractivity (Wildman–Crippen MR) is 109 cm³/mol. The van der Waals surface area contributed by atoms with Crippen LogP contribution in [0.4, 0.5) is 10.5 Å². The summed E-state index contributed by atoms with van der Waals surface area (Å²) in [6.07, 6.45) is 0.882. The molecular formula is C20H30N4O5. The van der Waals surface area contributed by atoms with Crippen LogP contribution in [0.5, 0.6) is 11.5 Å². The van der Waals surface area contributed by atoms with Crippen molar-refractivity contribution in [1.29, 1.82) is 0 Å². The summed E-state index contributed by atoms with van der Waals surface area (Å²) in [5.74, 6) is 1.10. The Bertz CT molecular complexity index is 708. The molecule has 0 unspecified atom stereocenters. The summed E-state index contributed by atoms with van der Waals surface area (Å²) >= 11 is 0. The van der Waals surface area contributed by atoms with Gasteiger partial charge in [0.15, 0.2) is 0 Å². The molecule has 2 aliphatic heterocycles. The van der Waals surface area contributed by atoms with Gasteiger partial charge >= 0.3 is 6.03 Å². The van der Waals surface area contributed by atoms with Crippen molar-refractivity contribution >= 4 is 17.6 Å². The van der Waals surface area contributed by atoms with Gasteiger partial charge in [-0.05, 0) is 25.1 Å². The van der Waals surface area contributed by atoms with Crippen molar-refractivity contribution in [2.75, 3.05) is 78.1 Å². The lowest BCUT2D eigenvalue weighted by Crippen LogP contribution is -2.41. The van der Waals surface area contributed by atoms with Crippen molar-refractivity contribution in [3.63, 3.8) is 0 Å². The first-order valence-corrected chi connectivity index (χ1v) is 9.97. The third-order valence-corrected chi connectivity index (χ3v) is 5.18. The zero-order valence-electron chi connectivity index (χ0n) is 17.2. The van der Waals surface area contributed by atoms with Crippen molar-refractivity contribution in [1.82, 2.24) is 15.1 Å². The summed E-state index contributed by atoms with van der Waals surface area (Å²) in [6.45, 7) is 6.02. The Kier molecular flexibility index (Phi) is 7.54. The van der Waals surface area contributed by atoms with Crippen LogP contribution in [-0.4, -0.2) is 95.0 Å². The van der Waals surface area contributed by atoms with Crippen molar-refractivity contribution in [3.05, 3.63) is 18.2 Å². The number of benzene rings is 1. The quantitative estimate of drug-likeness (QED) is 0.611. The minimum atomic E-state index is -0.208. The van der Waals surface area contributed by atoms with Gasteiger partial charge in [0.1, 0.15) is 18.0 Å². The fourth-order valence-corrected chi connectivity index (χ4v) is 3.55. The van der Waals surface area contributed by atoms with Gasteiger partial charge < -0.3 is 24.4 Å². The lowest BCUT2D eigenvalue weighted by atomic mass is 10.2. The number of morpholine rings is 1. The molecule has 9 heteroatoms. The van der Waals surface area contributed by atoms with Gasteiger partial charge in [0, 0.05) is 38.8 Å². The molecular weight excluding hydrogens is 376 g/mol. The van der Waals surface area contributed by atoms with Crippen LogP contribution in [0.3, 0.4) is 0 Å². The topological polar surface area (TPSA) is 83.6 Å². The highest BCUT2D eigenvalue weighted by Gasteiger charge is 2.32. The third kappa shape index (κ3) is 5.51. The molecule has 2 fully saturated rings. The first-order valence-electron chi connectivity index (χ1n) is 9.97. The molecule has 2 aliphatic rings. The fraction of sp³-hybridized carbons (Fsp3) is 0.600. The van der Waals surface area contributed by atoms with E-state index in [0.29, 0.717) is 36.8 Å². The van der Waals surface area contributed by atoms with Crippen molar-refractivity contribution in [2.24, 2.45) is 0 Å². The van der Waals surface area contributed by atoms with E-state index >= 15 is 0 Å². The van der Waals surface area contributed by atoms with Crippen LogP contribution < -0.4 is 19.7 Å². The third-order valence-electron chi connectivity index (χ3n) is 5.18. The number of nitrogens with zero attached hydrogens (tertiary/aromatic N) is 3. The molecule has 9 nitrogen and oxygen atoms in total. The lowest BCUT2D eigenvalue weighted by Gasteiger charge is -2.26. The van der Waals surface area contributed by atoms with E-state index < -0.39 is 0 Å². The van der Waals surface area contributed by atoms with E-state index in [2.05, 4.69) is 10.2 Å². The van der Waals surface area contributed by atoms with E-state index in [1.807, 2.05) is 0 Å². The molecule has 0 radical (unpaired) electrons. The Morgan fingerprint density at radius 2 is 1.93 bits per heavy atom. The number of methoxy groups -OCH3 is 2. The predicted octanol–water partition coefficient (Wildman–Crippen LogP) is 0.784. The fourth-order valence-electron chi connectivity index (χ4n) is 3.55. The van der Waals surface area contributed by atoms with Gasteiger partial charge in [-0.1, -0.05) is 0 Å². The van der Waals surface area contributed by atoms with Crippen LogP contribution in [0.25, 0.3) is 0 Å². The van der Waals surface area contributed by atoms with Gasteiger partial charge in [0.05, 0.1) is 33.1 Å². The second-order valence-corrected chi connectivity index (χ2v) is 7.05. The molecule has 29 heavy (non-hydrogen) atoms. The summed E-state index contributed by atoms with van der Waals surface area (Å²) in [6, 6.07) is 5.11. The highest BCUT2D eigenvalue weighted by atomic mass is 16.5. The molecule has 2 saturated heterocycles. The number of nitrogens with one attached hydrogen (secondary N) is 1. The van der Waals surface area contributed by atoms with Gasteiger partial charge in [-0.2, -0.15) is 0 Å². The Labute approximate surface area is 171 Å². The van der Waals surface area contributed by atoms with Crippen LogP contribution in [0.15, 0.2) is 18.2 Å². The Balaban J connectivity index is 1.46. The highest BCUT2D eigenvalue weighted by molar-refractivity contribution is 5.97. The monoisotopic (exact) mass is 406 g/mol. The Morgan fingerprint density at radius 1 is 1.14 bits per heavy atom. The molecule has 2 heterocycles. The molecule has 0 spiro atoms. The number of carbonyl (C=O) groups excluding carboxylic acids is 2. The highest BCUT2D eigenvalue weighted by Crippen LogP contribution is 2.34. The summed E-state index contributed by atoms with van der Waals surface area (Å²) < 4.78 is 16.0. The molecule has 160 valence electrons. The minimum absolute atomic E-state index is 0.0547. The zero-order valence-corrected chi connectivity index (χ0v) is 17.2. The first-order chi connectivity index (χ1) is 14.1. The van der Waals surface area contributed by atoms with Gasteiger partial charge in [-0.15, -0.1) is 0 Å². The second kappa shape index (κ2) is 10.3. The number of rotatable bonds is 9. The number of amides is 3. The zero-order chi connectivity index (χ0) is 20.6. The maximum atomic E-state index is 12.8. The van der Waals surface area contributed by atoms with Crippen molar-refractivity contribution < 1.29 is 23.8 Å². The maximum Gasteiger partial charge on any atom is 0.325 e. The Morgan fingerprint density at radius 3 is 2.66 bits per heavy atom. The van der Waals surface area contributed by atoms with Crippen LogP contribution in [0.1, 0.15) is 6.42 Å². The second-order valence-electron chi connectivity index (χ2n) is 7.05. The van der Waals surface area contributed by atoms with Gasteiger partial charge in [-0.25, -0.2) is 4.79 Å². The first kappa shape index (κ1) is 21.2. The molecule has 3 rings (SSSR count). The van der Waals surface area contributed by atoms with Gasteiger partial charge in [-0.3, -0.25) is 14.6 Å². The van der Waals surface area contributed by atoms with Crippen LogP contribution in [0, 0.1) is 0 Å². The number of anilines is 1. The smallest absolute Gasteiger partial charge is 0.325 e. The SMILES string of the molecule is COc1ccc(OC)c(N2CCN(CC(=O)NCCCN3CCOCC3)C2=O)c1. The number of ether oxygens (including phenoxy) is 3. The molecule has 1 N–H and O–H groups in total. The number of hydrogen-bond acceptors (Lipinski definition) is 6. The maximum absolute atomic E-state index is 12.8. The van der Waals surface area contributed by atoms with E-state index in [-0.39, 0.29) is 18.5 Å². The molecule has 0 aromatic heterocycles. The van der Waals surface area contributed by atoms with E-state index in [1.54, 1.807) is 42.2 Å². The van der Waals surface area contributed by atoms with Gasteiger partial charge in [0.25, 0.3) is 0 Å². The van der Waals surface area contributed by atoms with Crippen LogP contribution >= 0.6 is 0 Å². The molecule has 0 aliphatic carbocycles. The number of carbonyl (C=O) groups is 2. The Hall–Kier alpha value is -2.52. The van der Waals surface area contributed by atoms with Crippen LogP contribution in [-0.2, 0) is 9.53 Å². The largest absolute Gasteiger partial charge is 0.497 e. The molecule has 0 saturated carbocycles. The average Bonchev–Trinajstić information content (AvgIpc) is 3.11. The summed E-state index contributed by atoms with van der Waals surface area (Å²) in [5, 5.41) is 2.91. The summed E-state index contributed by atoms with van der Waals surface area (Å²) in [4.78, 5) is 30.6. The standard InChI is InChI=1S/C20H30N4O5/c1-27-16-4-5-18(28-2)17(14-16)24-9-8-23(20(24)26)15-19(25)21-6-3-7-22-10-12-29-13-11-22/h4-5,14H,3,6-13,15H2,1-2H3,(H,21,25). The summed E-state index contributed by atoms with van der Waals surface area (Å²) in [5.41, 5.74) is 0.644. The van der Waals surface area contributed by atoms with E-state index in [9.17, 15) is 9.59 Å². The molecule has 1 aromatic carbocycles. The van der Waals surface area contributed by atoms with E-state index in [4.69, 9.17) is 14.2 Å². The minimum Gasteiger partial charge on any atom is -0.497 e. The molecule has 0 atom stereocenters. The van der Waals surface area contributed by atoms with Gasteiger partial charge in [0.2, 0.25) is 5.91 Å². The lowest BCUT2D eigenvalue weighted by molar-refractivity contribution is -0.121. The average molecular weight is 406 g/mol. The van der Waals surface area contributed by atoms with Crippen molar-refractivity contribution in [3.8, 4) is 11.5 Å².